The van der Waals surface area contributed by atoms with Crippen LogP contribution >= 0.6 is 11.8 Å². The molecule has 0 unspecified atom stereocenters. The summed E-state index contributed by atoms with van der Waals surface area (Å²) >= 11 is 0.0694. The highest BCUT2D eigenvalue weighted by Gasteiger charge is 2.26. The zero-order valence-corrected chi connectivity index (χ0v) is 13.0. The standard InChI is InChI=1S/C14H9F5N2O3S/c15-8-9(16)11(18)13(12(19)10(8)17)25-5-7(22)21-14(23)20-4-6-2-1-3-24-6/h1-3H,4-5H2,(H2,20,21,22,23). The molecule has 2 rings (SSSR count). The Kier molecular flexibility index (Phi) is 6.02. The molecule has 11 heteroatoms. The molecule has 0 saturated heterocycles. The maximum Gasteiger partial charge on any atom is 0.321 e. The van der Waals surface area contributed by atoms with Gasteiger partial charge in [-0.1, -0.05) is 0 Å². The third-order valence-electron chi connectivity index (χ3n) is 2.77. The Hall–Kier alpha value is -2.56. The molecule has 0 aliphatic heterocycles. The quantitative estimate of drug-likeness (QED) is 0.362. The minimum Gasteiger partial charge on any atom is -0.467 e. The van der Waals surface area contributed by atoms with E-state index in [-0.39, 0.29) is 18.3 Å². The molecule has 0 radical (unpaired) electrons. The summed E-state index contributed by atoms with van der Waals surface area (Å²) in [6.45, 7) is -0.0170. The molecule has 5 nitrogen and oxygen atoms in total. The number of rotatable bonds is 5. The van der Waals surface area contributed by atoms with Crippen LogP contribution in [0.3, 0.4) is 0 Å². The van der Waals surface area contributed by atoms with E-state index in [0.29, 0.717) is 5.76 Å². The molecule has 2 N–H and O–H groups in total. The number of imide groups is 1. The van der Waals surface area contributed by atoms with Gasteiger partial charge in [-0.15, -0.1) is 11.8 Å². The third kappa shape index (κ3) is 4.50. The van der Waals surface area contributed by atoms with E-state index in [1.54, 1.807) is 12.1 Å². The van der Waals surface area contributed by atoms with Crippen molar-refractivity contribution in [1.82, 2.24) is 10.6 Å². The van der Waals surface area contributed by atoms with Crippen molar-refractivity contribution in [2.24, 2.45) is 0 Å². The van der Waals surface area contributed by atoms with Gasteiger partial charge in [-0.2, -0.15) is 0 Å². The first-order chi connectivity index (χ1) is 11.8. The first-order valence-corrected chi connectivity index (χ1v) is 7.54. The molecular weight excluding hydrogens is 371 g/mol. The first kappa shape index (κ1) is 18.8. The topological polar surface area (TPSA) is 71.3 Å². The van der Waals surface area contributed by atoms with Gasteiger partial charge in [0.25, 0.3) is 0 Å². The van der Waals surface area contributed by atoms with Crippen LogP contribution in [0.15, 0.2) is 27.7 Å². The number of halogens is 5. The second-order valence-corrected chi connectivity index (χ2v) is 5.48. The number of carbonyl (C=O) groups excluding carboxylic acids is 2. The SMILES string of the molecule is O=C(CSc1c(F)c(F)c(F)c(F)c1F)NC(=O)NCc1ccco1. The highest BCUT2D eigenvalue weighted by atomic mass is 32.2. The van der Waals surface area contributed by atoms with Crippen LogP contribution in [0.5, 0.6) is 0 Å². The Morgan fingerprint density at radius 1 is 1.00 bits per heavy atom. The van der Waals surface area contributed by atoms with Gasteiger partial charge >= 0.3 is 6.03 Å². The minimum absolute atomic E-state index is 0.0170. The van der Waals surface area contributed by atoms with Crippen molar-refractivity contribution in [3.63, 3.8) is 0 Å². The van der Waals surface area contributed by atoms with Crippen LogP contribution in [-0.2, 0) is 11.3 Å². The molecule has 0 bridgehead atoms. The van der Waals surface area contributed by atoms with Crippen LogP contribution in [0.4, 0.5) is 26.7 Å². The normalized spacial score (nSPS) is 10.6. The van der Waals surface area contributed by atoms with Crippen molar-refractivity contribution < 1.29 is 36.0 Å². The molecule has 3 amide bonds. The van der Waals surface area contributed by atoms with Gasteiger partial charge in [0.2, 0.25) is 11.7 Å². The number of amides is 3. The highest BCUT2D eigenvalue weighted by Crippen LogP contribution is 2.30. The number of nitrogens with one attached hydrogen (secondary N) is 2. The molecule has 0 saturated carbocycles. The molecule has 0 atom stereocenters. The number of hydrogen-bond acceptors (Lipinski definition) is 4. The second-order valence-electron chi connectivity index (χ2n) is 4.50. The Bertz CT molecular complexity index is 769. The summed E-state index contributed by atoms with van der Waals surface area (Å²) in [6.07, 6.45) is 1.38. The van der Waals surface area contributed by atoms with Gasteiger partial charge in [0.05, 0.1) is 23.5 Å². The van der Waals surface area contributed by atoms with Gasteiger partial charge in [-0.3, -0.25) is 10.1 Å². The molecule has 1 aromatic carbocycles. The lowest BCUT2D eigenvalue weighted by Crippen LogP contribution is -2.39. The van der Waals surface area contributed by atoms with Crippen molar-refractivity contribution in [1.29, 1.82) is 0 Å². The lowest BCUT2D eigenvalue weighted by atomic mass is 10.3. The first-order valence-electron chi connectivity index (χ1n) is 6.55. The summed E-state index contributed by atoms with van der Waals surface area (Å²) in [5.74, 6) is -11.9. The molecule has 0 aliphatic carbocycles. The van der Waals surface area contributed by atoms with Gasteiger partial charge in [0.15, 0.2) is 23.3 Å². The number of hydrogen-bond donors (Lipinski definition) is 2. The average molecular weight is 380 g/mol. The summed E-state index contributed by atoms with van der Waals surface area (Å²) in [5.41, 5.74) is 0. The van der Waals surface area contributed by atoms with Crippen LogP contribution in [0.25, 0.3) is 0 Å². The lowest BCUT2D eigenvalue weighted by molar-refractivity contribution is -0.117. The van der Waals surface area contributed by atoms with E-state index in [9.17, 15) is 31.5 Å². The monoisotopic (exact) mass is 380 g/mol. The molecular formula is C14H9F5N2O3S. The maximum absolute atomic E-state index is 13.4. The van der Waals surface area contributed by atoms with E-state index in [2.05, 4.69) is 5.32 Å². The molecule has 0 spiro atoms. The van der Waals surface area contributed by atoms with Gasteiger partial charge in [-0.25, -0.2) is 26.7 Å². The van der Waals surface area contributed by atoms with Crippen LogP contribution in [0, 0.1) is 29.1 Å². The predicted octanol–water partition coefficient (Wildman–Crippen LogP) is 3.09. The Morgan fingerprint density at radius 2 is 1.60 bits per heavy atom. The number of urea groups is 1. The summed E-state index contributed by atoms with van der Waals surface area (Å²) in [4.78, 5) is 21.8. The Labute approximate surface area is 141 Å². The van der Waals surface area contributed by atoms with Crippen molar-refractivity contribution in [3.8, 4) is 0 Å². The summed E-state index contributed by atoms with van der Waals surface area (Å²) in [5, 5.41) is 4.11. The minimum atomic E-state index is -2.29. The van der Waals surface area contributed by atoms with E-state index in [0.717, 1.165) is 0 Å². The molecule has 1 heterocycles. The van der Waals surface area contributed by atoms with E-state index in [4.69, 9.17) is 4.42 Å². The zero-order chi connectivity index (χ0) is 18.6. The average Bonchev–Trinajstić information content (AvgIpc) is 3.10. The van der Waals surface area contributed by atoms with Gasteiger partial charge < -0.3 is 9.73 Å². The van der Waals surface area contributed by atoms with Gasteiger partial charge in [0, 0.05) is 0 Å². The van der Waals surface area contributed by atoms with Gasteiger partial charge in [0.1, 0.15) is 5.76 Å². The number of furan rings is 1. The van der Waals surface area contributed by atoms with E-state index < -0.39 is 51.7 Å². The van der Waals surface area contributed by atoms with E-state index >= 15 is 0 Å². The number of carbonyl (C=O) groups is 2. The molecule has 0 aliphatic rings. The smallest absolute Gasteiger partial charge is 0.321 e. The fourth-order valence-corrected chi connectivity index (χ4v) is 2.42. The van der Waals surface area contributed by atoms with Crippen molar-refractivity contribution in [2.45, 2.75) is 11.4 Å². The van der Waals surface area contributed by atoms with Crippen LogP contribution in [-0.4, -0.2) is 17.7 Å². The molecule has 0 fully saturated rings. The van der Waals surface area contributed by atoms with E-state index in [1.165, 1.54) is 6.26 Å². The Balaban J connectivity index is 1.91. The Morgan fingerprint density at radius 3 is 2.16 bits per heavy atom. The van der Waals surface area contributed by atoms with Crippen molar-refractivity contribution in [2.75, 3.05) is 5.75 Å². The van der Waals surface area contributed by atoms with Crippen LogP contribution < -0.4 is 10.6 Å². The second kappa shape index (κ2) is 8.01. The van der Waals surface area contributed by atoms with Crippen molar-refractivity contribution in [3.05, 3.63) is 53.2 Å². The highest BCUT2D eigenvalue weighted by molar-refractivity contribution is 8.00. The third-order valence-corrected chi connectivity index (χ3v) is 3.83. The fraction of sp³-hybridized carbons (Fsp3) is 0.143. The number of benzene rings is 1. The molecule has 1 aromatic heterocycles. The number of thioether (sulfide) groups is 1. The summed E-state index contributed by atoms with van der Waals surface area (Å²) in [6, 6.07) is 2.24. The van der Waals surface area contributed by atoms with Crippen molar-refractivity contribution >= 4 is 23.7 Å². The largest absolute Gasteiger partial charge is 0.467 e. The summed E-state index contributed by atoms with van der Waals surface area (Å²) < 4.78 is 70.7. The zero-order valence-electron chi connectivity index (χ0n) is 12.2. The predicted molar refractivity (Wildman–Crippen MR) is 76.0 cm³/mol. The van der Waals surface area contributed by atoms with E-state index in [1.807, 2.05) is 5.32 Å². The van der Waals surface area contributed by atoms with Crippen LogP contribution in [0.1, 0.15) is 5.76 Å². The maximum atomic E-state index is 13.4. The molecule has 2 aromatic rings. The lowest BCUT2D eigenvalue weighted by Gasteiger charge is -2.08. The van der Waals surface area contributed by atoms with Crippen LogP contribution in [0.2, 0.25) is 0 Å². The molecule has 25 heavy (non-hydrogen) atoms. The van der Waals surface area contributed by atoms with Gasteiger partial charge in [-0.05, 0) is 12.1 Å². The fourth-order valence-electron chi connectivity index (χ4n) is 1.64. The molecule has 134 valence electrons. The summed E-state index contributed by atoms with van der Waals surface area (Å²) in [7, 11) is 0.